The van der Waals surface area contributed by atoms with Crippen molar-refractivity contribution in [1.82, 2.24) is 0 Å². The Morgan fingerprint density at radius 1 is 1.30 bits per heavy atom. The van der Waals surface area contributed by atoms with Crippen molar-refractivity contribution >= 4 is 45.0 Å². The average Bonchev–Trinajstić information content (AvgIpc) is 2.61. The Morgan fingerprint density at radius 2 is 2.04 bits per heavy atom. The second-order valence-corrected chi connectivity index (χ2v) is 8.53. The summed E-state index contributed by atoms with van der Waals surface area (Å²) in [6, 6.07) is 11.4. The number of amides is 2. The largest absolute Gasteiger partial charge is 0.495 e. The number of thioether (sulfide) groups is 1. The van der Waals surface area contributed by atoms with Crippen LogP contribution in [0, 0.1) is 0 Å². The van der Waals surface area contributed by atoms with E-state index in [1.165, 1.54) is 37.1 Å². The van der Waals surface area contributed by atoms with E-state index in [-0.39, 0.29) is 28.7 Å². The van der Waals surface area contributed by atoms with Gasteiger partial charge in [-0.2, -0.15) is 0 Å². The van der Waals surface area contributed by atoms with Crippen LogP contribution in [0.3, 0.4) is 0 Å². The van der Waals surface area contributed by atoms with Crippen molar-refractivity contribution in [3.63, 3.8) is 0 Å². The third-order valence-electron chi connectivity index (χ3n) is 3.83. The lowest BCUT2D eigenvalue weighted by atomic mass is 10.2. The van der Waals surface area contributed by atoms with E-state index in [1.54, 1.807) is 6.07 Å². The van der Waals surface area contributed by atoms with Gasteiger partial charge < -0.3 is 15.4 Å². The maximum absolute atomic E-state index is 12.3. The molecule has 0 aliphatic carbocycles. The molecule has 1 atom stereocenters. The molecular formula is C17H17N3O5S2. The fourth-order valence-corrected chi connectivity index (χ4v) is 4.42. The topological polar surface area (TPSA) is 128 Å². The number of sulfonamides is 1. The molecule has 3 rings (SSSR count). The Bertz CT molecular complexity index is 1010. The second-order valence-electron chi connectivity index (χ2n) is 5.75. The first-order chi connectivity index (χ1) is 12.8. The van der Waals surface area contributed by atoms with E-state index in [9.17, 15) is 18.0 Å². The number of carbonyl (C=O) groups is 2. The van der Waals surface area contributed by atoms with Crippen LogP contribution in [-0.4, -0.2) is 32.6 Å². The van der Waals surface area contributed by atoms with Crippen LogP contribution in [0.5, 0.6) is 5.75 Å². The number of hydrogen-bond acceptors (Lipinski definition) is 6. The van der Waals surface area contributed by atoms with Crippen LogP contribution in [-0.2, 0) is 19.6 Å². The molecule has 1 aliphatic heterocycles. The molecular weight excluding hydrogens is 390 g/mol. The van der Waals surface area contributed by atoms with Crippen molar-refractivity contribution in [3.8, 4) is 5.75 Å². The molecule has 0 saturated heterocycles. The smallest absolute Gasteiger partial charge is 0.241 e. The molecule has 142 valence electrons. The van der Waals surface area contributed by atoms with Gasteiger partial charge in [-0.1, -0.05) is 12.1 Å². The number of benzene rings is 2. The summed E-state index contributed by atoms with van der Waals surface area (Å²) in [5.41, 5.74) is 0.962. The number of para-hydroxylation sites is 1. The second kappa shape index (κ2) is 7.59. The predicted molar refractivity (Wildman–Crippen MR) is 102 cm³/mol. The number of primary sulfonamides is 1. The molecule has 2 aromatic rings. The minimum atomic E-state index is -4.02. The highest BCUT2D eigenvalue weighted by molar-refractivity contribution is 8.01. The molecule has 10 heteroatoms. The lowest BCUT2D eigenvalue weighted by molar-refractivity contribution is -0.120. The van der Waals surface area contributed by atoms with Gasteiger partial charge in [-0.25, -0.2) is 13.6 Å². The van der Waals surface area contributed by atoms with Gasteiger partial charge in [0.05, 0.1) is 18.0 Å². The molecule has 8 nitrogen and oxygen atoms in total. The van der Waals surface area contributed by atoms with Crippen molar-refractivity contribution in [2.45, 2.75) is 21.5 Å². The first kappa shape index (κ1) is 19.2. The van der Waals surface area contributed by atoms with E-state index in [2.05, 4.69) is 10.6 Å². The summed E-state index contributed by atoms with van der Waals surface area (Å²) in [4.78, 5) is 25.2. The van der Waals surface area contributed by atoms with Gasteiger partial charge in [0.25, 0.3) is 0 Å². The van der Waals surface area contributed by atoms with Crippen LogP contribution in [0.2, 0.25) is 0 Å². The van der Waals surface area contributed by atoms with Gasteiger partial charge >= 0.3 is 0 Å². The summed E-state index contributed by atoms with van der Waals surface area (Å²) in [5.74, 6) is -0.601. The quantitative estimate of drug-likeness (QED) is 0.693. The number of nitrogens with one attached hydrogen (secondary N) is 2. The molecule has 2 amide bonds. The van der Waals surface area contributed by atoms with Gasteiger partial charge in [0.15, 0.2) is 0 Å². The molecule has 1 unspecified atom stereocenters. The number of rotatable bonds is 5. The van der Waals surface area contributed by atoms with E-state index in [0.717, 1.165) is 10.6 Å². The zero-order valence-electron chi connectivity index (χ0n) is 14.3. The number of nitrogens with two attached hydrogens (primary N) is 1. The van der Waals surface area contributed by atoms with Crippen molar-refractivity contribution in [2.24, 2.45) is 5.14 Å². The normalized spacial score (nSPS) is 16.2. The van der Waals surface area contributed by atoms with Crippen LogP contribution in [0.25, 0.3) is 0 Å². The number of ether oxygens (including phenoxy) is 1. The van der Waals surface area contributed by atoms with Gasteiger partial charge in [-0.05, 0) is 30.3 Å². The molecule has 1 aliphatic rings. The number of fused-ring (bicyclic) bond motifs is 1. The van der Waals surface area contributed by atoms with Crippen LogP contribution >= 0.6 is 11.8 Å². The number of hydrogen-bond donors (Lipinski definition) is 3. The summed E-state index contributed by atoms with van der Waals surface area (Å²) in [6.07, 6.45) is -0.0679. The summed E-state index contributed by atoms with van der Waals surface area (Å²) < 4.78 is 28.3. The standard InChI is InChI=1S/C17H17N3O5S2/c1-25-12-7-6-10(8-15(12)27(18,23)24)19-16(21)9-14-17(22)20-11-4-2-3-5-13(11)26-14/h2-8,14H,9H2,1H3,(H,19,21)(H,20,22)(H2,18,23,24). The molecule has 0 bridgehead atoms. The van der Waals surface area contributed by atoms with Crippen LogP contribution in [0.4, 0.5) is 11.4 Å². The first-order valence-electron chi connectivity index (χ1n) is 7.85. The van der Waals surface area contributed by atoms with Crippen molar-refractivity contribution in [2.75, 3.05) is 17.7 Å². The van der Waals surface area contributed by atoms with Crippen molar-refractivity contribution < 1.29 is 22.7 Å². The SMILES string of the molecule is COc1ccc(NC(=O)CC2Sc3ccccc3NC2=O)cc1S(N)(=O)=O. The summed E-state index contributed by atoms with van der Waals surface area (Å²) in [5, 5.41) is 9.94. The Balaban J connectivity index is 1.72. The third-order valence-corrected chi connectivity index (χ3v) is 6.04. The molecule has 2 aromatic carbocycles. The molecule has 0 fully saturated rings. The van der Waals surface area contributed by atoms with Crippen LogP contribution in [0.15, 0.2) is 52.3 Å². The summed E-state index contributed by atoms with van der Waals surface area (Å²) >= 11 is 1.31. The van der Waals surface area contributed by atoms with Gasteiger partial charge in [0.1, 0.15) is 10.6 Å². The molecule has 4 N–H and O–H groups in total. The van der Waals surface area contributed by atoms with Gasteiger partial charge in [-0.15, -0.1) is 11.8 Å². The van der Waals surface area contributed by atoms with Gasteiger partial charge in [0.2, 0.25) is 21.8 Å². The fourth-order valence-electron chi connectivity index (χ4n) is 2.58. The minimum Gasteiger partial charge on any atom is -0.495 e. The number of carbonyl (C=O) groups excluding carboxylic acids is 2. The molecule has 0 aromatic heterocycles. The van der Waals surface area contributed by atoms with Gasteiger partial charge in [-0.3, -0.25) is 9.59 Å². The lowest BCUT2D eigenvalue weighted by Crippen LogP contribution is -2.32. The Hall–Kier alpha value is -2.56. The highest BCUT2D eigenvalue weighted by atomic mass is 32.2. The van der Waals surface area contributed by atoms with E-state index in [1.807, 2.05) is 18.2 Å². The first-order valence-corrected chi connectivity index (χ1v) is 10.3. The van der Waals surface area contributed by atoms with Crippen LogP contribution < -0.4 is 20.5 Å². The zero-order valence-corrected chi connectivity index (χ0v) is 15.9. The highest BCUT2D eigenvalue weighted by Gasteiger charge is 2.29. The van der Waals surface area contributed by atoms with Crippen LogP contribution in [0.1, 0.15) is 6.42 Å². The molecule has 0 spiro atoms. The predicted octanol–water partition coefficient (Wildman–Crippen LogP) is 1.78. The Morgan fingerprint density at radius 3 is 2.74 bits per heavy atom. The van der Waals surface area contributed by atoms with Crippen molar-refractivity contribution in [1.29, 1.82) is 0 Å². The fraction of sp³-hybridized carbons (Fsp3) is 0.176. The van der Waals surface area contributed by atoms with E-state index >= 15 is 0 Å². The average molecular weight is 407 g/mol. The molecule has 27 heavy (non-hydrogen) atoms. The number of methoxy groups -OCH3 is 1. The maximum atomic E-state index is 12.3. The maximum Gasteiger partial charge on any atom is 0.241 e. The Labute approximate surface area is 160 Å². The van der Waals surface area contributed by atoms with Gasteiger partial charge in [0, 0.05) is 17.0 Å². The number of anilines is 2. The van der Waals surface area contributed by atoms with Crippen molar-refractivity contribution in [3.05, 3.63) is 42.5 Å². The lowest BCUT2D eigenvalue weighted by Gasteiger charge is -2.23. The van der Waals surface area contributed by atoms with E-state index in [4.69, 9.17) is 9.88 Å². The third kappa shape index (κ3) is 4.41. The Kier molecular flexibility index (Phi) is 5.40. The summed E-state index contributed by atoms with van der Waals surface area (Å²) in [7, 11) is -2.70. The molecule has 0 radical (unpaired) electrons. The monoisotopic (exact) mass is 407 g/mol. The van der Waals surface area contributed by atoms with E-state index < -0.39 is 21.2 Å². The highest BCUT2D eigenvalue weighted by Crippen LogP contribution is 2.36. The molecule has 0 saturated carbocycles. The summed E-state index contributed by atoms with van der Waals surface area (Å²) in [6.45, 7) is 0. The molecule has 1 heterocycles. The zero-order chi connectivity index (χ0) is 19.6. The van der Waals surface area contributed by atoms with E-state index in [0.29, 0.717) is 0 Å². The minimum absolute atomic E-state index is 0.0679.